The maximum absolute atomic E-state index is 12.1. The van der Waals surface area contributed by atoms with E-state index < -0.39 is 30.4 Å². The van der Waals surface area contributed by atoms with Crippen LogP contribution in [0.3, 0.4) is 0 Å². The molecule has 3 heterocycles. The van der Waals surface area contributed by atoms with Gasteiger partial charge in [0.1, 0.15) is 12.2 Å². The average molecular weight is 475 g/mol. The molecule has 1 fully saturated rings. The minimum Gasteiger partial charge on any atom is -0.387 e. The Morgan fingerprint density at radius 2 is 1.89 bits per heavy atom. The van der Waals surface area contributed by atoms with Gasteiger partial charge in [0.25, 0.3) is 5.91 Å². The highest BCUT2D eigenvalue weighted by atomic mass is 16.6. The molecular weight excluding hydrogens is 448 g/mol. The van der Waals surface area contributed by atoms with Crippen LogP contribution in [0, 0.1) is 6.92 Å². The lowest BCUT2D eigenvalue weighted by Crippen LogP contribution is -2.41. The van der Waals surface area contributed by atoms with E-state index in [1.165, 1.54) is 17.9 Å². The number of likely N-dealkylation sites (N-methyl/N-ethyl adjacent to an activating group) is 1. The van der Waals surface area contributed by atoms with Crippen LogP contribution in [0.1, 0.15) is 17.4 Å². The summed E-state index contributed by atoms with van der Waals surface area (Å²) in [6.45, 7) is 2.51. The molecule has 10 heteroatoms. The van der Waals surface area contributed by atoms with Crippen LogP contribution in [0.5, 0.6) is 0 Å². The number of nitrogens with one attached hydrogen (secondary N) is 2. The largest absolute Gasteiger partial charge is 0.387 e. The molecule has 4 atom stereocenters. The number of ether oxygens (including phenoxy) is 1. The van der Waals surface area contributed by atoms with Gasteiger partial charge in [-0.15, -0.1) is 0 Å². The third-order valence-electron chi connectivity index (χ3n) is 6.02. The normalized spacial score (nSPS) is 21.8. The summed E-state index contributed by atoms with van der Waals surface area (Å²) in [5.41, 5.74) is 3.83. The second kappa shape index (κ2) is 9.41. The fourth-order valence-corrected chi connectivity index (χ4v) is 4.17. The molecule has 1 aliphatic rings. The molecule has 1 saturated heterocycles. The summed E-state index contributed by atoms with van der Waals surface area (Å²) in [4.78, 5) is 26.1. The summed E-state index contributed by atoms with van der Waals surface area (Å²) in [6.07, 6.45) is -3.55. The maximum Gasteiger partial charge on any atom is 0.251 e. The van der Waals surface area contributed by atoms with Crippen molar-refractivity contribution in [3.8, 4) is 11.4 Å². The lowest BCUT2D eigenvalue weighted by molar-refractivity contribution is -0.137. The number of rotatable bonds is 6. The average Bonchev–Trinajstić information content (AvgIpc) is 3.43. The molecule has 180 valence electrons. The topological polar surface area (TPSA) is 134 Å². The number of fused-ring (bicyclic) bond motifs is 1. The van der Waals surface area contributed by atoms with E-state index in [0.29, 0.717) is 29.4 Å². The van der Waals surface area contributed by atoms with Gasteiger partial charge in [0.05, 0.1) is 6.33 Å². The van der Waals surface area contributed by atoms with Crippen molar-refractivity contribution in [2.75, 3.05) is 12.4 Å². The van der Waals surface area contributed by atoms with Crippen molar-refractivity contribution < 1.29 is 19.7 Å². The lowest BCUT2D eigenvalue weighted by Gasteiger charge is -2.17. The summed E-state index contributed by atoms with van der Waals surface area (Å²) in [5, 5.41) is 26.9. The van der Waals surface area contributed by atoms with Crippen molar-refractivity contribution in [3.05, 3.63) is 72.1 Å². The van der Waals surface area contributed by atoms with Crippen molar-refractivity contribution in [2.45, 2.75) is 38.0 Å². The van der Waals surface area contributed by atoms with Crippen LogP contribution in [0.25, 0.3) is 22.6 Å². The highest BCUT2D eigenvalue weighted by molar-refractivity contribution is 5.85. The molecule has 35 heavy (non-hydrogen) atoms. The Hall–Kier alpha value is -3.86. The van der Waals surface area contributed by atoms with Crippen LogP contribution < -0.4 is 10.6 Å². The number of anilines is 1. The number of hydrogen-bond donors (Lipinski definition) is 4. The molecule has 1 amide bonds. The first-order chi connectivity index (χ1) is 17.0. The molecule has 0 aliphatic carbocycles. The Balaban J connectivity index is 1.58. The molecule has 0 spiro atoms. The highest BCUT2D eigenvalue weighted by Gasteiger charge is 2.47. The quantitative estimate of drug-likeness (QED) is 0.332. The Bertz CT molecular complexity index is 1360. The molecule has 1 aliphatic heterocycles. The van der Waals surface area contributed by atoms with Gasteiger partial charge in [-0.2, -0.15) is 0 Å². The van der Waals surface area contributed by atoms with Crippen molar-refractivity contribution in [2.24, 2.45) is 0 Å². The van der Waals surface area contributed by atoms with Gasteiger partial charge in [-0.3, -0.25) is 9.36 Å². The lowest BCUT2D eigenvalue weighted by atomic mass is 10.1. The molecule has 4 aromatic rings. The van der Waals surface area contributed by atoms with Crippen LogP contribution in [0.4, 0.5) is 5.82 Å². The molecule has 10 nitrogen and oxygen atoms in total. The highest BCUT2D eigenvalue weighted by Crippen LogP contribution is 2.33. The zero-order chi connectivity index (χ0) is 24.5. The third-order valence-corrected chi connectivity index (χ3v) is 6.02. The molecule has 0 radical (unpaired) electrons. The summed E-state index contributed by atoms with van der Waals surface area (Å²) in [5.74, 6) is 0.461. The molecule has 2 aromatic heterocycles. The molecule has 0 unspecified atom stereocenters. The Morgan fingerprint density at radius 3 is 2.63 bits per heavy atom. The van der Waals surface area contributed by atoms with E-state index in [9.17, 15) is 15.0 Å². The first-order valence-corrected chi connectivity index (χ1v) is 11.3. The fourth-order valence-electron chi connectivity index (χ4n) is 4.17. The van der Waals surface area contributed by atoms with E-state index in [1.807, 2.05) is 61.5 Å². The number of aromatic nitrogens is 4. The zero-order valence-electron chi connectivity index (χ0n) is 19.3. The smallest absolute Gasteiger partial charge is 0.251 e. The molecular formula is C25H26N6O4. The van der Waals surface area contributed by atoms with Gasteiger partial charge in [-0.1, -0.05) is 54.1 Å². The predicted octanol–water partition coefficient (Wildman–Crippen LogP) is 1.78. The van der Waals surface area contributed by atoms with Gasteiger partial charge >= 0.3 is 0 Å². The summed E-state index contributed by atoms with van der Waals surface area (Å²) >= 11 is 0. The summed E-state index contributed by atoms with van der Waals surface area (Å²) in [6, 6.07) is 17.7. The Labute approximate surface area is 201 Å². The van der Waals surface area contributed by atoms with Crippen LogP contribution in [-0.4, -0.2) is 61.0 Å². The molecule has 2 aromatic carbocycles. The SMILES string of the molecule is CNC(=O)[C@H]1O[C@H](n2cnc3c(NCc4ccccc4)nc(-c4cccc(C)c4)nc32)[C@@H](O)[C@@H]1O. The number of aliphatic hydroxyl groups is 2. The number of carbonyl (C=O) groups is 1. The summed E-state index contributed by atoms with van der Waals surface area (Å²) < 4.78 is 7.28. The number of amides is 1. The number of carbonyl (C=O) groups excluding carboxylic acids is 1. The van der Waals surface area contributed by atoms with E-state index in [2.05, 4.69) is 15.6 Å². The molecule has 5 rings (SSSR count). The van der Waals surface area contributed by atoms with Crippen molar-refractivity contribution in [1.82, 2.24) is 24.8 Å². The summed E-state index contributed by atoms with van der Waals surface area (Å²) in [7, 11) is 1.44. The number of hydrogen-bond acceptors (Lipinski definition) is 8. The zero-order valence-corrected chi connectivity index (χ0v) is 19.3. The molecule has 4 N–H and O–H groups in total. The van der Waals surface area contributed by atoms with Crippen molar-refractivity contribution >= 4 is 22.9 Å². The van der Waals surface area contributed by atoms with Gasteiger partial charge in [-0.25, -0.2) is 15.0 Å². The number of aliphatic hydroxyl groups excluding tert-OH is 2. The molecule has 0 bridgehead atoms. The number of nitrogens with zero attached hydrogens (tertiary/aromatic N) is 4. The first kappa shape index (κ1) is 22.9. The van der Waals surface area contributed by atoms with Crippen LogP contribution in [-0.2, 0) is 16.1 Å². The standard InChI is InChI=1S/C25H26N6O4/c1-14-7-6-10-16(11-14)21-29-22(27-12-15-8-4-3-5-9-15)17-23(30-21)31(13-28-17)25-19(33)18(32)20(35-25)24(34)26-2/h3-11,13,18-20,25,32-33H,12H2,1-2H3,(H,26,34)(H,27,29,30)/t18-,19-,20-,25-/m0/s1. The van der Waals surface area contributed by atoms with Crippen LogP contribution in [0.15, 0.2) is 60.9 Å². The van der Waals surface area contributed by atoms with E-state index in [1.54, 1.807) is 0 Å². The van der Waals surface area contributed by atoms with Crippen molar-refractivity contribution in [1.29, 1.82) is 0 Å². The van der Waals surface area contributed by atoms with Gasteiger partial charge in [-0.05, 0) is 18.6 Å². The predicted molar refractivity (Wildman–Crippen MR) is 129 cm³/mol. The second-order valence-corrected chi connectivity index (χ2v) is 8.47. The second-order valence-electron chi connectivity index (χ2n) is 8.47. The maximum atomic E-state index is 12.1. The van der Waals surface area contributed by atoms with Crippen LogP contribution in [0.2, 0.25) is 0 Å². The van der Waals surface area contributed by atoms with E-state index >= 15 is 0 Å². The minimum atomic E-state index is -1.40. The molecule has 0 saturated carbocycles. The number of benzene rings is 2. The van der Waals surface area contributed by atoms with E-state index in [-0.39, 0.29) is 0 Å². The van der Waals surface area contributed by atoms with E-state index in [0.717, 1.165) is 16.7 Å². The first-order valence-electron chi connectivity index (χ1n) is 11.3. The number of imidazole rings is 1. The minimum absolute atomic E-state index is 0.404. The fraction of sp³-hybridized carbons (Fsp3) is 0.280. The van der Waals surface area contributed by atoms with Crippen LogP contribution >= 0.6 is 0 Å². The number of aryl methyl sites for hydroxylation is 1. The Morgan fingerprint density at radius 1 is 1.09 bits per heavy atom. The Kier molecular flexibility index (Phi) is 6.16. The van der Waals surface area contributed by atoms with Gasteiger partial charge < -0.3 is 25.6 Å². The van der Waals surface area contributed by atoms with Crippen molar-refractivity contribution in [3.63, 3.8) is 0 Å². The van der Waals surface area contributed by atoms with Gasteiger partial charge in [0.2, 0.25) is 0 Å². The third kappa shape index (κ3) is 4.34. The monoisotopic (exact) mass is 474 g/mol. The van der Waals surface area contributed by atoms with Gasteiger partial charge in [0, 0.05) is 19.2 Å². The van der Waals surface area contributed by atoms with E-state index in [4.69, 9.17) is 14.7 Å². The van der Waals surface area contributed by atoms with Gasteiger partial charge in [0.15, 0.2) is 35.1 Å².